The van der Waals surface area contributed by atoms with E-state index in [1.807, 2.05) is 16.8 Å². The number of hydrogen-bond donors (Lipinski definition) is 2. The molecule has 0 spiro atoms. The molecule has 0 unspecified atom stereocenters. The van der Waals surface area contributed by atoms with Crippen molar-refractivity contribution >= 4 is 34.2 Å². The number of nitrogens with two attached hydrogens (primary N) is 1. The Labute approximate surface area is 119 Å². The van der Waals surface area contributed by atoms with Gasteiger partial charge in [-0.15, -0.1) is 0 Å². The Hall–Kier alpha value is -1.53. The van der Waals surface area contributed by atoms with Crippen LogP contribution in [0.4, 0.5) is 14.5 Å². The van der Waals surface area contributed by atoms with E-state index in [1.165, 1.54) is 0 Å². The fourth-order valence-electron chi connectivity index (χ4n) is 1.65. The average Bonchev–Trinajstić information content (AvgIpc) is 2.85. The third-order valence-electron chi connectivity index (χ3n) is 2.62. The first-order valence-electron chi connectivity index (χ1n) is 5.61. The van der Waals surface area contributed by atoms with Crippen molar-refractivity contribution in [2.45, 2.75) is 6.42 Å². The van der Waals surface area contributed by atoms with Crippen LogP contribution in [0.3, 0.4) is 0 Å². The van der Waals surface area contributed by atoms with Gasteiger partial charge in [-0.05, 0) is 40.9 Å². The van der Waals surface area contributed by atoms with Crippen LogP contribution in [0, 0.1) is 11.6 Å². The molecule has 1 aromatic heterocycles. The van der Waals surface area contributed by atoms with Crippen LogP contribution in [0.1, 0.15) is 11.1 Å². The molecule has 0 amide bonds. The zero-order valence-electron chi connectivity index (χ0n) is 9.95. The standard InChI is InChI=1S/C13H12F2N2S2/c14-10-5-9(13(16)18)6-11(15)12(10)17-3-1-8-2-4-19-7-8/h2,4-7,17H,1,3H2,(H2,16,18). The van der Waals surface area contributed by atoms with Crippen LogP contribution in [-0.4, -0.2) is 11.5 Å². The van der Waals surface area contributed by atoms with E-state index >= 15 is 0 Å². The van der Waals surface area contributed by atoms with Gasteiger partial charge in [0.05, 0.1) is 0 Å². The summed E-state index contributed by atoms with van der Waals surface area (Å²) < 4.78 is 27.4. The van der Waals surface area contributed by atoms with E-state index in [-0.39, 0.29) is 16.2 Å². The van der Waals surface area contributed by atoms with Gasteiger partial charge in [0, 0.05) is 12.1 Å². The highest BCUT2D eigenvalue weighted by Crippen LogP contribution is 2.21. The van der Waals surface area contributed by atoms with Crippen molar-refractivity contribution in [3.63, 3.8) is 0 Å². The third kappa shape index (κ3) is 3.48. The normalized spacial score (nSPS) is 10.4. The van der Waals surface area contributed by atoms with Crippen molar-refractivity contribution < 1.29 is 8.78 Å². The summed E-state index contributed by atoms with van der Waals surface area (Å²) >= 11 is 6.28. The molecule has 3 N–H and O–H groups in total. The molecule has 19 heavy (non-hydrogen) atoms. The summed E-state index contributed by atoms with van der Waals surface area (Å²) in [6.07, 6.45) is 0.708. The zero-order valence-corrected chi connectivity index (χ0v) is 11.6. The maximum atomic E-state index is 13.7. The van der Waals surface area contributed by atoms with Crippen molar-refractivity contribution in [1.82, 2.24) is 0 Å². The van der Waals surface area contributed by atoms with Gasteiger partial charge >= 0.3 is 0 Å². The van der Waals surface area contributed by atoms with Gasteiger partial charge in [-0.3, -0.25) is 0 Å². The van der Waals surface area contributed by atoms with Crippen LogP contribution in [0.2, 0.25) is 0 Å². The molecule has 2 aromatic rings. The van der Waals surface area contributed by atoms with Gasteiger partial charge in [0.2, 0.25) is 0 Å². The number of anilines is 1. The van der Waals surface area contributed by atoms with Crippen molar-refractivity contribution in [2.75, 3.05) is 11.9 Å². The summed E-state index contributed by atoms with van der Waals surface area (Å²) in [6, 6.07) is 4.26. The highest BCUT2D eigenvalue weighted by atomic mass is 32.1. The first-order chi connectivity index (χ1) is 9.08. The van der Waals surface area contributed by atoms with Gasteiger partial charge in [-0.1, -0.05) is 12.2 Å². The molecule has 2 nitrogen and oxygen atoms in total. The van der Waals surface area contributed by atoms with Gasteiger partial charge in [0.25, 0.3) is 0 Å². The molecule has 0 bridgehead atoms. The van der Waals surface area contributed by atoms with Crippen LogP contribution in [0.15, 0.2) is 29.0 Å². The predicted molar refractivity (Wildman–Crippen MR) is 78.8 cm³/mol. The topological polar surface area (TPSA) is 38.0 Å². The largest absolute Gasteiger partial charge is 0.389 e. The molecule has 1 aromatic carbocycles. The lowest BCUT2D eigenvalue weighted by Gasteiger charge is -2.10. The van der Waals surface area contributed by atoms with Gasteiger partial charge in [-0.2, -0.15) is 11.3 Å². The second-order valence-electron chi connectivity index (χ2n) is 3.99. The maximum Gasteiger partial charge on any atom is 0.150 e. The molecule has 0 saturated carbocycles. The van der Waals surface area contributed by atoms with E-state index in [2.05, 4.69) is 5.32 Å². The quantitative estimate of drug-likeness (QED) is 0.832. The summed E-state index contributed by atoms with van der Waals surface area (Å²) in [7, 11) is 0. The summed E-state index contributed by atoms with van der Waals surface area (Å²) in [6.45, 7) is 0.455. The predicted octanol–water partition coefficient (Wildman–Crippen LogP) is 3.32. The Balaban J connectivity index is 2.06. The zero-order chi connectivity index (χ0) is 13.8. The molecular weight excluding hydrogens is 286 g/mol. The van der Waals surface area contributed by atoms with Crippen LogP contribution in [-0.2, 0) is 6.42 Å². The van der Waals surface area contributed by atoms with E-state index in [4.69, 9.17) is 18.0 Å². The average molecular weight is 298 g/mol. The molecule has 0 aliphatic carbocycles. The summed E-state index contributed by atoms with van der Waals surface area (Å²) in [5, 5.41) is 6.73. The molecule has 0 fully saturated rings. The van der Waals surface area contributed by atoms with Crippen LogP contribution >= 0.6 is 23.6 Å². The van der Waals surface area contributed by atoms with Crippen LogP contribution < -0.4 is 11.1 Å². The molecule has 0 radical (unpaired) electrons. The minimum Gasteiger partial charge on any atom is -0.389 e. The molecule has 0 saturated heterocycles. The Morgan fingerprint density at radius 1 is 1.32 bits per heavy atom. The Kier molecular flexibility index (Phi) is 4.44. The molecule has 0 atom stereocenters. The van der Waals surface area contributed by atoms with Crippen molar-refractivity contribution in [3.05, 3.63) is 51.7 Å². The molecule has 0 aliphatic heterocycles. The van der Waals surface area contributed by atoms with Crippen molar-refractivity contribution in [3.8, 4) is 0 Å². The molecule has 2 rings (SSSR count). The van der Waals surface area contributed by atoms with Crippen LogP contribution in [0.5, 0.6) is 0 Å². The summed E-state index contributed by atoms with van der Waals surface area (Å²) in [5.74, 6) is -1.37. The number of rotatable bonds is 5. The first-order valence-corrected chi connectivity index (χ1v) is 6.97. The van der Waals surface area contributed by atoms with E-state index in [9.17, 15) is 8.78 Å². The minimum absolute atomic E-state index is 0.0253. The highest BCUT2D eigenvalue weighted by Gasteiger charge is 2.11. The Bertz CT molecular complexity index is 559. The van der Waals surface area contributed by atoms with E-state index in [1.54, 1.807) is 11.3 Å². The molecule has 100 valence electrons. The van der Waals surface area contributed by atoms with Gasteiger partial charge in [-0.25, -0.2) is 8.78 Å². The summed E-state index contributed by atoms with van der Waals surface area (Å²) in [5.41, 5.74) is 6.53. The Morgan fingerprint density at radius 3 is 2.53 bits per heavy atom. The minimum atomic E-state index is -0.687. The maximum absolute atomic E-state index is 13.7. The summed E-state index contributed by atoms with van der Waals surface area (Å²) in [4.78, 5) is -0.0253. The van der Waals surface area contributed by atoms with Gasteiger partial charge < -0.3 is 11.1 Å². The molecule has 1 heterocycles. The van der Waals surface area contributed by atoms with Crippen molar-refractivity contribution in [2.24, 2.45) is 5.73 Å². The smallest absolute Gasteiger partial charge is 0.150 e. The number of nitrogens with one attached hydrogen (secondary N) is 1. The molecule has 6 heteroatoms. The highest BCUT2D eigenvalue weighted by molar-refractivity contribution is 7.80. The molecular formula is C13H12F2N2S2. The van der Waals surface area contributed by atoms with Crippen molar-refractivity contribution in [1.29, 1.82) is 0 Å². The fraction of sp³-hybridized carbons (Fsp3) is 0.154. The monoisotopic (exact) mass is 298 g/mol. The second-order valence-corrected chi connectivity index (χ2v) is 5.21. The van der Waals surface area contributed by atoms with Gasteiger partial charge in [0.15, 0.2) is 0 Å². The van der Waals surface area contributed by atoms with Crippen LogP contribution in [0.25, 0.3) is 0 Å². The number of benzene rings is 1. The lowest BCUT2D eigenvalue weighted by molar-refractivity contribution is 0.587. The third-order valence-corrected chi connectivity index (χ3v) is 3.59. The number of thiophene rings is 1. The second kappa shape index (κ2) is 6.08. The fourth-order valence-corrected chi connectivity index (χ4v) is 2.47. The lowest BCUT2D eigenvalue weighted by Crippen LogP contribution is -2.13. The Morgan fingerprint density at radius 2 is 2.00 bits per heavy atom. The first kappa shape index (κ1) is 13.9. The SMILES string of the molecule is NC(=S)c1cc(F)c(NCCc2ccsc2)c(F)c1. The van der Waals surface area contributed by atoms with E-state index < -0.39 is 11.6 Å². The van der Waals surface area contributed by atoms with E-state index in [0.29, 0.717) is 13.0 Å². The van der Waals surface area contributed by atoms with E-state index in [0.717, 1.165) is 17.7 Å². The lowest BCUT2D eigenvalue weighted by atomic mass is 10.1. The number of halogens is 2. The van der Waals surface area contributed by atoms with Gasteiger partial charge in [0.1, 0.15) is 22.3 Å². The number of hydrogen-bond acceptors (Lipinski definition) is 3. The molecule has 0 aliphatic rings. The number of thiocarbonyl (C=S) groups is 1.